The van der Waals surface area contributed by atoms with Gasteiger partial charge in [0.05, 0.1) is 12.4 Å². The maximum absolute atomic E-state index is 10.7. The van der Waals surface area contributed by atoms with Crippen LogP contribution in [-0.2, 0) is 11.3 Å². The number of carboxylic acids is 1. The van der Waals surface area contributed by atoms with Crippen LogP contribution in [0.15, 0.2) is 16.7 Å². The fraction of sp³-hybridized carbons (Fsp3) is 0.545. The molecule has 0 aliphatic heterocycles. The summed E-state index contributed by atoms with van der Waals surface area (Å²) in [5.41, 5.74) is 0.172. The van der Waals surface area contributed by atoms with Crippen LogP contribution < -0.4 is 0 Å². The molecule has 0 amide bonds. The molecule has 1 atom stereocenters. The highest BCUT2D eigenvalue weighted by Crippen LogP contribution is 2.14. The highest BCUT2D eigenvalue weighted by molar-refractivity contribution is 5.88. The molecule has 0 aliphatic carbocycles. The van der Waals surface area contributed by atoms with Gasteiger partial charge in [-0.05, 0) is 18.9 Å². The molecule has 0 radical (unpaired) electrons. The molecule has 4 nitrogen and oxygen atoms in total. The first-order valence-corrected chi connectivity index (χ1v) is 4.93. The van der Waals surface area contributed by atoms with Gasteiger partial charge in [-0.3, -0.25) is 0 Å². The molecule has 0 fully saturated rings. The van der Waals surface area contributed by atoms with Gasteiger partial charge in [0.1, 0.15) is 17.9 Å². The number of carbonyl (C=O) groups is 1. The zero-order valence-corrected chi connectivity index (χ0v) is 9.19. The van der Waals surface area contributed by atoms with Gasteiger partial charge in [-0.25, -0.2) is 4.79 Å². The Bertz CT molecular complexity index is 327. The van der Waals surface area contributed by atoms with Crippen molar-refractivity contribution in [1.82, 2.24) is 0 Å². The van der Waals surface area contributed by atoms with Crippen LogP contribution in [0.1, 0.15) is 36.9 Å². The van der Waals surface area contributed by atoms with Crippen LogP contribution in [0.5, 0.6) is 0 Å². The van der Waals surface area contributed by atoms with Gasteiger partial charge < -0.3 is 14.3 Å². The lowest BCUT2D eigenvalue weighted by atomic mass is 10.1. The lowest BCUT2D eigenvalue weighted by Gasteiger charge is -2.15. The highest BCUT2D eigenvalue weighted by Gasteiger charge is 2.15. The molecule has 0 spiro atoms. The van der Waals surface area contributed by atoms with Crippen LogP contribution in [0.3, 0.4) is 0 Å². The van der Waals surface area contributed by atoms with Crippen molar-refractivity contribution in [3.63, 3.8) is 0 Å². The predicted molar refractivity (Wildman–Crippen MR) is 54.8 cm³/mol. The van der Waals surface area contributed by atoms with E-state index in [1.165, 1.54) is 12.3 Å². The van der Waals surface area contributed by atoms with Gasteiger partial charge in [0.15, 0.2) is 0 Å². The van der Waals surface area contributed by atoms with Crippen molar-refractivity contribution in [1.29, 1.82) is 0 Å². The van der Waals surface area contributed by atoms with E-state index in [1.807, 2.05) is 20.8 Å². The number of carboxylic acid groups (broad SMARTS) is 1. The number of ether oxygens (including phenoxy) is 1. The first-order chi connectivity index (χ1) is 7.02. The topological polar surface area (TPSA) is 59.7 Å². The molecule has 1 heterocycles. The summed E-state index contributed by atoms with van der Waals surface area (Å²) in [7, 11) is 0. The Balaban J connectivity index is 2.58. The van der Waals surface area contributed by atoms with E-state index >= 15 is 0 Å². The minimum Gasteiger partial charge on any atom is -0.478 e. The monoisotopic (exact) mass is 212 g/mol. The fourth-order valence-corrected chi connectivity index (χ4v) is 1.04. The molecule has 0 saturated carbocycles. The zero-order valence-electron chi connectivity index (χ0n) is 9.19. The van der Waals surface area contributed by atoms with Crippen LogP contribution in [0.25, 0.3) is 0 Å². The second-order valence-corrected chi connectivity index (χ2v) is 3.82. The van der Waals surface area contributed by atoms with E-state index in [0.717, 1.165) is 0 Å². The zero-order chi connectivity index (χ0) is 11.4. The Morgan fingerprint density at radius 2 is 2.20 bits per heavy atom. The van der Waals surface area contributed by atoms with Crippen molar-refractivity contribution in [2.24, 2.45) is 5.92 Å². The first kappa shape index (κ1) is 11.8. The maximum Gasteiger partial charge on any atom is 0.339 e. The van der Waals surface area contributed by atoms with Gasteiger partial charge in [0, 0.05) is 0 Å². The smallest absolute Gasteiger partial charge is 0.339 e. The van der Waals surface area contributed by atoms with Crippen molar-refractivity contribution >= 4 is 5.97 Å². The van der Waals surface area contributed by atoms with Gasteiger partial charge in [-0.1, -0.05) is 13.8 Å². The third kappa shape index (κ3) is 3.09. The molecule has 1 rings (SSSR count). The SMILES string of the molecule is CC(C)C(C)OCc1occc1C(=O)O. The molecule has 15 heavy (non-hydrogen) atoms. The van der Waals surface area contributed by atoms with Crippen LogP contribution in [-0.4, -0.2) is 17.2 Å². The Kier molecular flexibility index (Phi) is 3.91. The summed E-state index contributed by atoms with van der Waals surface area (Å²) >= 11 is 0. The van der Waals surface area contributed by atoms with E-state index < -0.39 is 5.97 Å². The summed E-state index contributed by atoms with van der Waals surface area (Å²) in [5, 5.41) is 8.81. The van der Waals surface area contributed by atoms with Crippen LogP contribution in [0, 0.1) is 5.92 Å². The molecule has 0 bridgehead atoms. The quantitative estimate of drug-likeness (QED) is 0.814. The second kappa shape index (κ2) is 4.98. The summed E-state index contributed by atoms with van der Waals surface area (Å²) in [6, 6.07) is 1.43. The molecule has 1 unspecified atom stereocenters. The average molecular weight is 212 g/mol. The minimum absolute atomic E-state index is 0.0803. The normalized spacial score (nSPS) is 13.1. The van der Waals surface area contributed by atoms with Crippen molar-refractivity contribution < 1.29 is 19.1 Å². The maximum atomic E-state index is 10.7. The van der Waals surface area contributed by atoms with E-state index in [9.17, 15) is 4.79 Å². The third-order valence-corrected chi connectivity index (χ3v) is 2.39. The number of furan rings is 1. The molecule has 0 aliphatic rings. The van der Waals surface area contributed by atoms with E-state index in [-0.39, 0.29) is 18.3 Å². The molecule has 1 aromatic heterocycles. The summed E-state index contributed by atoms with van der Waals surface area (Å²) in [6.45, 7) is 6.25. The number of aromatic carboxylic acids is 1. The van der Waals surface area contributed by atoms with Crippen molar-refractivity contribution in [2.75, 3.05) is 0 Å². The van der Waals surface area contributed by atoms with Crippen molar-refractivity contribution in [3.05, 3.63) is 23.7 Å². The molecule has 0 aromatic carbocycles. The molecule has 0 saturated heterocycles. The molecule has 4 heteroatoms. The summed E-state index contributed by atoms with van der Waals surface area (Å²) in [5.74, 6) is -0.220. The number of rotatable bonds is 5. The second-order valence-electron chi connectivity index (χ2n) is 3.82. The van der Waals surface area contributed by atoms with Crippen LogP contribution >= 0.6 is 0 Å². The van der Waals surface area contributed by atoms with Gasteiger partial charge >= 0.3 is 5.97 Å². The molecule has 1 aromatic rings. The van der Waals surface area contributed by atoms with E-state index in [1.54, 1.807) is 0 Å². The van der Waals surface area contributed by atoms with Gasteiger partial charge in [0.2, 0.25) is 0 Å². The standard InChI is InChI=1S/C11H16O4/c1-7(2)8(3)15-6-10-9(11(12)13)4-5-14-10/h4-5,7-8H,6H2,1-3H3,(H,12,13). The fourth-order valence-electron chi connectivity index (χ4n) is 1.04. The average Bonchev–Trinajstić information content (AvgIpc) is 2.61. The Morgan fingerprint density at radius 1 is 1.53 bits per heavy atom. The summed E-state index contributed by atoms with van der Waals surface area (Å²) < 4.78 is 10.5. The van der Waals surface area contributed by atoms with Gasteiger partial charge in [-0.15, -0.1) is 0 Å². The van der Waals surface area contributed by atoms with E-state index in [4.69, 9.17) is 14.3 Å². The van der Waals surface area contributed by atoms with E-state index in [2.05, 4.69) is 0 Å². The highest BCUT2D eigenvalue weighted by atomic mass is 16.5. The lowest BCUT2D eigenvalue weighted by Crippen LogP contribution is -2.15. The predicted octanol–water partition coefficient (Wildman–Crippen LogP) is 2.54. The summed E-state index contributed by atoms with van der Waals surface area (Å²) in [6.07, 6.45) is 1.44. The Morgan fingerprint density at radius 3 is 2.73 bits per heavy atom. The van der Waals surface area contributed by atoms with Gasteiger partial charge in [0.25, 0.3) is 0 Å². The van der Waals surface area contributed by atoms with Gasteiger partial charge in [-0.2, -0.15) is 0 Å². The molecular weight excluding hydrogens is 196 g/mol. The Hall–Kier alpha value is -1.29. The minimum atomic E-state index is -0.987. The van der Waals surface area contributed by atoms with E-state index in [0.29, 0.717) is 11.7 Å². The summed E-state index contributed by atoms with van der Waals surface area (Å²) in [4.78, 5) is 10.7. The molecule has 1 N–H and O–H groups in total. The van der Waals surface area contributed by atoms with Crippen molar-refractivity contribution in [3.8, 4) is 0 Å². The largest absolute Gasteiger partial charge is 0.478 e. The third-order valence-electron chi connectivity index (χ3n) is 2.39. The Labute approximate surface area is 88.8 Å². The number of hydrogen-bond donors (Lipinski definition) is 1. The van der Waals surface area contributed by atoms with Crippen molar-refractivity contribution in [2.45, 2.75) is 33.5 Å². The molecular formula is C11H16O4. The van der Waals surface area contributed by atoms with Crippen LogP contribution in [0.4, 0.5) is 0 Å². The number of hydrogen-bond acceptors (Lipinski definition) is 3. The lowest BCUT2D eigenvalue weighted by molar-refractivity contribution is 0.0141. The first-order valence-electron chi connectivity index (χ1n) is 4.93. The molecule has 84 valence electrons. The van der Waals surface area contributed by atoms with Crippen LogP contribution in [0.2, 0.25) is 0 Å².